The summed E-state index contributed by atoms with van der Waals surface area (Å²) >= 11 is 0. The fourth-order valence-corrected chi connectivity index (χ4v) is 4.10. The number of hydrogen-bond acceptors (Lipinski definition) is 4. The first-order valence-electron chi connectivity index (χ1n) is 11.2. The maximum absolute atomic E-state index is 12.6. The summed E-state index contributed by atoms with van der Waals surface area (Å²) in [6.07, 6.45) is 4.65. The second-order valence-electron chi connectivity index (χ2n) is 9.47. The lowest BCUT2D eigenvalue weighted by atomic mass is 10.1. The minimum atomic E-state index is -0.463. The maximum atomic E-state index is 12.6. The molecule has 1 unspecified atom stereocenters. The Balaban J connectivity index is 1.31. The van der Waals surface area contributed by atoms with Crippen molar-refractivity contribution in [3.8, 4) is 0 Å². The second kappa shape index (κ2) is 10.2. The number of aryl methyl sites for hydroxylation is 1. The summed E-state index contributed by atoms with van der Waals surface area (Å²) in [6, 6.07) is 7.97. The number of nitrogens with one attached hydrogen (secondary N) is 2. The molecule has 2 N–H and O–H groups in total. The molecule has 7 nitrogen and oxygen atoms in total. The van der Waals surface area contributed by atoms with Crippen molar-refractivity contribution in [2.45, 2.75) is 45.6 Å². The summed E-state index contributed by atoms with van der Waals surface area (Å²) in [5.74, 6) is 0.463. The largest absolute Gasteiger partial charge is 0.444 e. The van der Waals surface area contributed by atoms with Crippen molar-refractivity contribution >= 4 is 22.9 Å². The van der Waals surface area contributed by atoms with Gasteiger partial charge in [-0.1, -0.05) is 18.2 Å². The van der Waals surface area contributed by atoms with Crippen LogP contribution in [0.2, 0.25) is 0 Å². The lowest BCUT2D eigenvalue weighted by molar-refractivity contribution is 0.0519. The number of carbonyl (C=O) groups is 2. The number of unbranched alkanes of at least 4 members (excludes halogenated alkanes) is 1. The molecule has 2 heterocycles. The van der Waals surface area contributed by atoms with E-state index in [4.69, 9.17) is 4.74 Å². The highest BCUT2D eigenvalue weighted by Crippen LogP contribution is 2.20. The van der Waals surface area contributed by atoms with Gasteiger partial charge in [0.15, 0.2) is 0 Å². The van der Waals surface area contributed by atoms with Gasteiger partial charge in [0.25, 0.3) is 5.91 Å². The number of carbonyl (C=O) groups excluding carboxylic acids is 2. The van der Waals surface area contributed by atoms with Crippen LogP contribution in [-0.2, 0) is 11.8 Å². The molecular formula is C24H36N4O3. The van der Waals surface area contributed by atoms with Gasteiger partial charge < -0.3 is 24.8 Å². The third kappa shape index (κ3) is 6.72. The molecule has 1 aromatic heterocycles. The van der Waals surface area contributed by atoms with E-state index < -0.39 is 5.60 Å². The van der Waals surface area contributed by atoms with Gasteiger partial charge in [0.2, 0.25) is 0 Å². The molecule has 7 heteroatoms. The number of ether oxygens (including phenoxy) is 1. The number of likely N-dealkylation sites (tertiary alicyclic amines) is 1. The highest BCUT2D eigenvalue weighted by atomic mass is 16.6. The van der Waals surface area contributed by atoms with Crippen LogP contribution in [0.15, 0.2) is 30.5 Å². The van der Waals surface area contributed by atoms with E-state index in [1.807, 2.05) is 62.8 Å². The van der Waals surface area contributed by atoms with Crippen LogP contribution < -0.4 is 10.6 Å². The van der Waals surface area contributed by atoms with Gasteiger partial charge >= 0.3 is 6.09 Å². The van der Waals surface area contributed by atoms with Gasteiger partial charge in [-0.25, -0.2) is 4.79 Å². The van der Waals surface area contributed by atoms with E-state index in [-0.39, 0.29) is 12.0 Å². The first kappa shape index (κ1) is 23.1. The fraction of sp³-hybridized carbons (Fsp3) is 0.583. The normalized spacial score (nSPS) is 17.1. The highest BCUT2D eigenvalue weighted by molar-refractivity contribution is 6.06. The zero-order valence-corrected chi connectivity index (χ0v) is 19.2. The number of alkyl carbamates (subject to hydrolysis) is 1. The zero-order valence-electron chi connectivity index (χ0n) is 19.2. The first-order valence-corrected chi connectivity index (χ1v) is 11.2. The van der Waals surface area contributed by atoms with Crippen molar-refractivity contribution in [1.29, 1.82) is 0 Å². The van der Waals surface area contributed by atoms with Crippen molar-refractivity contribution in [3.63, 3.8) is 0 Å². The molecular weight excluding hydrogens is 392 g/mol. The quantitative estimate of drug-likeness (QED) is 0.631. The van der Waals surface area contributed by atoms with Crippen LogP contribution in [0.4, 0.5) is 4.79 Å². The van der Waals surface area contributed by atoms with Gasteiger partial charge in [0.05, 0.1) is 5.56 Å². The molecule has 0 bridgehead atoms. The Morgan fingerprint density at radius 1 is 1.16 bits per heavy atom. The predicted molar refractivity (Wildman–Crippen MR) is 123 cm³/mol. The van der Waals surface area contributed by atoms with E-state index >= 15 is 0 Å². The molecule has 1 fully saturated rings. The van der Waals surface area contributed by atoms with Crippen LogP contribution in [0.5, 0.6) is 0 Å². The number of benzene rings is 1. The Hall–Kier alpha value is -2.54. The van der Waals surface area contributed by atoms with Crippen LogP contribution in [0.25, 0.3) is 10.9 Å². The van der Waals surface area contributed by atoms with Crippen molar-refractivity contribution in [2.24, 2.45) is 13.0 Å². The monoisotopic (exact) mass is 428 g/mol. The number of rotatable bonds is 8. The summed E-state index contributed by atoms with van der Waals surface area (Å²) in [5.41, 5.74) is 1.34. The summed E-state index contributed by atoms with van der Waals surface area (Å²) in [6.45, 7) is 10.0. The molecule has 0 spiro atoms. The van der Waals surface area contributed by atoms with Crippen LogP contribution >= 0.6 is 0 Å². The second-order valence-corrected chi connectivity index (χ2v) is 9.47. The fourth-order valence-electron chi connectivity index (χ4n) is 4.10. The molecule has 0 saturated carbocycles. The smallest absolute Gasteiger partial charge is 0.407 e. The standard InChI is InChI=1S/C24H36N4O3/c1-24(2,3)31-23(30)26-15-18-11-14-28(16-18)13-8-7-12-25-22(29)20-17-27(4)21-10-6-5-9-19(20)21/h5-6,9-10,17-18H,7-8,11-16H2,1-4H3,(H,25,29)(H,26,30). The molecule has 2 aromatic rings. The summed E-state index contributed by atoms with van der Waals surface area (Å²) in [7, 11) is 1.96. The molecule has 1 atom stereocenters. The van der Waals surface area contributed by atoms with E-state index in [2.05, 4.69) is 15.5 Å². The van der Waals surface area contributed by atoms with Crippen molar-refractivity contribution in [2.75, 3.05) is 32.7 Å². The van der Waals surface area contributed by atoms with Crippen molar-refractivity contribution in [3.05, 3.63) is 36.0 Å². The SMILES string of the molecule is Cn1cc(C(=O)NCCCCN2CCC(CNC(=O)OC(C)(C)C)C2)c2ccccc21. The lowest BCUT2D eigenvalue weighted by Crippen LogP contribution is -2.36. The van der Waals surface area contributed by atoms with Crippen molar-refractivity contribution < 1.29 is 14.3 Å². The van der Waals surface area contributed by atoms with Gasteiger partial charge in [-0.3, -0.25) is 4.79 Å². The molecule has 1 aliphatic heterocycles. The molecule has 170 valence electrons. The summed E-state index contributed by atoms with van der Waals surface area (Å²) in [4.78, 5) is 26.8. The first-order chi connectivity index (χ1) is 14.7. The topological polar surface area (TPSA) is 75.6 Å². The van der Waals surface area contributed by atoms with Gasteiger partial charge in [0, 0.05) is 43.8 Å². The number of nitrogens with zero attached hydrogens (tertiary/aromatic N) is 2. The third-order valence-electron chi connectivity index (χ3n) is 5.63. The van der Waals surface area contributed by atoms with E-state index in [9.17, 15) is 9.59 Å². The molecule has 1 aromatic carbocycles. The van der Waals surface area contributed by atoms with Crippen molar-refractivity contribution in [1.82, 2.24) is 20.1 Å². The van der Waals surface area contributed by atoms with Crippen LogP contribution in [0.1, 0.15) is 50.4 Å². The Bertz CT molecular complexity index is 900. The maximum Gasteiger partial charge on any atom is 0.407 e. The number of fused-ring (bicyclic) bond motifs is 1. The molecule has 2 amide bonds. The number of aromatic nitrogens is 1. The van der Waals surface area contributed by atoms with E-state index in [0.29, 0.717) is 19.0 Å². The highest BCUT2D eigenvalue weighted by Gasteiger charge is 2.23. The molecule has 1 saturated heterocycles. The number of hydrogen-bond donors (Lipinski definition) is 2. The lowest BCUT2D eigenvalue weighted by Gasteiger charge is -2.21. The van der Waals surface area contributed by atoms with Gasteiger partial charge in [-0.05, 0) is 65.1 Å². The number of amides is 2. The summed E-state index contributed by atoms with van der Waals surface area (Å²) in [5, 5.41) is 6.93. The van der Waals surface area contributed by atoms with E-state index in [1.165, 1.54) is 0 Å². The van der Waals surface area contributed by atoms with Crippen LogP contribution in [-0.4, -0.2) is 59.8 Å². The predicted octanol–water partition coefficient (Wildman–Crippen LogP) is 3.53. The minimum absolute atomic E-state index is 0.00810. The van der Waals surface area contributed by atoms with Gasteiger partial charge in [-0.15, -0.1) is 0 Å². The van der Waals surface area contributed by atoms with Crippen LogP contribution in [0, 0.1) is 5.92 Å². The molecule has 3 rings (SSSR count). The average molecular weight is 429 g/mol. The van der Waals surface area contributed by atoms with E-state index in [0.717, 1.165) is 55.4 Å². The molecule has 31 heavy (non-hydrogen) atoms. The minimum Gasteiger partial charge on any atom is -0.444 e. The van der Waals surface area contributed by atoms with E-state index in [1.54, 1.807) is 0 Å². The number of para-hydroxylation sites is 1. The Kier molecular flexibility index (Phi) is 7.59. The molecule has 0 aliphatic carbocycles. The zero-order chi connectivity index (χ0) is 22.4. The third-order valence-corrected chi connectivity index (χ3v) is 5.63. The molecule has 1 aliphatic rings. The Morgan fingerprint density at radius 2 is 1.94 bits per heavy atom. The summed E-state index contributed by atoms with van der Waals surface area (Å²) < 4.78 is 7.28. The Labute approximate surface area is 185 Å². The van der Waals surface area contributed by atoms with Gasteiger partial charge in [-0.2, -0.15) is 0 Å². The Morgan fingerprint density at radius 3 is 2.71 bits per heavy atom. The molecule has 0 radical (unpaired) electrons. The van der Waals surface area contributed by atoms with Crippen LogP contribution in [0.3, 0.4) is 0 Å². The van der Waals surface area contributed by atoms with Gasteiger partial charge in [0.1, 0.15) is 5.60 Å². The average Bonchev–Trinajstić information content (AvgIpc) is 3.29.